The molecule has 264 valence electrons. The van der Waals surface area contributed by atoms with E-state index in [4.69, 9.17) is 0 Å². The van der Waals surface area contributed by atoms with Gasteiger partial charge in [0, 0.05) is 0 Å². The molecule has 0 atom stereocenters. The van der Waals surface area contributed by atoms with E-state index in [-0.39, 0.29) is 31.9 Å². The van der Waals surface area contributed by atoms with E-state index >= 15 is 0 Å². The predicted molar refractivity (Wildman–Crippen MR) is 229 cm³/mol. The van der Waals surface area contributed by atoms with Crippen LogP contribution >= 0.6 is 15.8 Å². The van der Waals surface area contributed by atoms with Gasteiger partial charge < -0.3 is 17.7 Å². The van der Waals surface area contributed by atoms with Crippen LogP contribution in [0.15, 0.2) is 194 Å². The number of halogens is 1. The van der Waals surface area contributed by atoms with Crippen molar-refractivity contribution < 1.29 is 31.9 Å². The van der Waals surface area contributed by atoms with Crippen molar-refractivity contribution in [2.75, 3.05) is 13.1 Å². The summed E-state index contributed by atoms with van der Waals surface area (Å²) in [5.74, 6) is 0. The van der Waals surface area contributed by atoms with E-state index in [9.17, 15) is 0 Å². The topological polar surface area (TPSA) is 14.1 Å². The monoisotopic (exact) mass is 831 g/mol. The minimum Gasteiger partial charge on any atom is -1.00 e. The van der Waals surface area contributed by atoms with Crippen molar-refractivity contribution in [3.8, 4) is 11.1 Å². The van der Waals surface area contributed by atoms with Gasteiger partial charge in [0.25, 0.3) is 0 Å². The Bertz CT molecular complexity index is 2080. The molecule has 8 aromatic rings. The van der Waals surface area contributed by atoms with E-state index in [0.29, 0.717) is 0 Å². The summed E-state index contributed by atoms with van der Waals surface area (Å²) in [4.78, 5) is 0. The van der Waals surface area contributed by atoms with E-state index in [1.54, 1.807) is 0 Å². The molecule has 5 heteroatoms. The zero-order chi connectivity index (χ0) is 34.8. The molecule has 0 N–H and O–H groups in total. The van der Waals surface area contributed by atoms with Crippen LogP contribution in [0.5, 0.6) is 0 Å². The molecule has 0 spiro atoms. The minimum atomic E-state index is -0.852. The molecule has 0 aliphatic rings. The summed E-state index contributed by atoms with van der Waals surface area (Å²) in [6.45, 7) is 6.03. The molecule has 0 heterocycles. The van der Waals surface area contributed by atoms with Gasteiger partial charge in [0.2, 0.25) is 0 Å². The van der Waals surface area contributed by atoms with Gasteiger partial charge in [-0.2, -0.15) is 13.1 Å². The number of benzene rings is 8. The Kier molecular flexibility index (Phi) is 15.1. The van der Waals surface area contributed by atoms with Crippen molar-refractivity contribution in [3.63, 3.8) is 0 Å². The van der Waals surface area contributed by atoms with Crippen LogP contribution in [-0.4, -0.2) is 13.1 Å². The first kappa shape index (κ1) is 40.2. The van der Waals surface area contributed by atoms with Crippen molar-refractivity contribution in [2.24, 2.45) is 0 Å². The van der Waals surface area contributed by atoms with Gasteiger partial charge in [0.05, 0.1) is 0 Å². The van der Waals surface area contributed by atoms with Crippen molar-refractivity contribution in [1.82, 2.24) is 0 Å². The Hall–Kier alpha value is -3.99. The molecule has 0 unspecified atom stereocenters. The van der Waals surface area contributed by atoms with E-state index in [1.165, 1.54) is 64.5 Å². The Morgan fingerprint density at radius 3 is 0.925 bits per heavy atom. The number of hydrogen-bond acceptors (Lipinski definition) is 0. The molecule has 0 fully saturated rings. The number of hydrogen-bond donors (Lipinski definition) is 0. The van der Waals surface area contributed by atoms with E-state index in [0.717, 1.165) is 13.1 Å². The molecule has 8 aromatic carbocycles. The molecule has 8 rings (SSSR count). The molecule has 0 amide bonds. The number of rotatable bonds is 9. The zero-order valence-electron chi connectivity index (χ0n) is 30.0. The molecule has 0 aliphatic heterocycles. The second-order valence-electron chi connectivity index (χ2n) is 12.2. The molecule has 0 aliphatic carbocycles. The maximum Gasteiger partial charge on any atom is 2.00 e. The normalized spacial score (nSPS) is 10.7. The fourth-order valence-electron chi connectivity index (χ4n) is 6.80. The van der Waals surface area contributed by atoms with Crippen LogP contribution in [0, 0.1) is 0 Å². The average molecular weight is 831 g/mol. The quantitative estimate of drug-likeness (QED) is 0.105. The molecule has 53 heavy (non-hydrogen) atoms. The van der Waals surface area contributed by atoms with Gasteiger partial charge in [-0.3, -0.25) is 0 Å². The Labute approximate surface area is 336 Å². The Balaban J connectivity index is 0.000000727. The van der Waals surface area contributed by atoms with Crippen LogP contribution in [0.1, 0.15) is 13.8 Å². The fraction of sp³-hybridized carbons (Fsp3) is 0.0833. The third-order valence-electron chi connectivity index (χ3n) is 9.05. The van der Waals surface area contributed by atoms with Crippen LogP contribution in [0.2, 0.25) is 0 Å². The molecule has 0 bridgehead atoms. The average Bonchev–Trinajstić information content (AvgIpc) is 3.20. The maximum atomic E-state index is 3.97. The largest absolute Gasteiger partial charge is 2.00 e. The summed E-state index contributed by atoms with van der Waals surface area (Å²) >= 11 is 0. The first-order valence-corrected chi connectivity index (χ1v) is 20.4. The molecule has 0 radical (unpaired) electrons. The summed E-state index contributed by atoms with van der Waals surface area (Å²) in [5, 5.41) is 17.3. The smallest absolute Gasteiger partial charge is 1.00 e. The summed E-state index contributed by atoms with van der Waals surface area (Å²) in [5.41, 5.74) is 2.70. The second-order valence-corrected chi connectivity index (χ2v) is 16.6. The molecule has 0 saturated carbocycles. The maximum absolute atomic E-state index is 3.97. The molecule has 1 nitrogen and oxygen atoms in total. The third-order valence-corrected chi connectivity index (χ3v) is 14.0. The molecular formula is C48H42ClNP2Ru. The van der Waals surface area contributed by atoms with Gasteiger partial charge in [-0.1, -0.05) is 208 Å². The summed E-state index contributed by atoms with van der Waals surface area (Å²) in [6, 6.07) is 71.8. The SMILES string of the molecule is CC[N-]CC.[Cl-].[Ru+2].c1ccc(P(c2ccccc2)c2ccc3ccccc3c2-c2c(P(c3ccccc3)c3ccccc3)ccc3ccccc23)cc1. The van der Waals surface area contributed by atoms with Crippen molar-refractivity contribution in [1.29, 1.82) is 0 Å². The van der Waals surface area contributed by atoms with E-state index in [2.05, 4.69) is 199 Å². The summed E-state index contributed by atoms with van der Waals surface area (Å²) in [6.07, 6.45) is 0. The van der Waals surface area contributed by atoms with Crippen molar-refractivity contribution in [2.45, 2.75) is 13.8 Å². The molecule has 0 aromatic heterocycles. The van der Waals surface area contributed by atoms with E-state index < -0.39 is 15.8 Å². The Morgan fingerprint density at radius 2 is 0.642 bits per heavy atom. The van der Waals surface area contributed by atoms with Gasteiger partial charge >= 0.3 is 19.5 Å². The zero-order valence-corrected chi connectivity index (χ0v) is 34.2. The number of nitrogens with zero attached hydrogens (tertiary/aromatic N) is 1. The standard InChI is InChI=1S/C44H32P2.C4H10N.ClH.Ru/c1-5-19-35(20-6-1)45(36-21-7-2-8-22-36)41-31-29-33-17-13-15-27-39(33)43(41)44-40-28-16-14-18-34(40)30-32-42(44)46(37-23-9-3-10-24-37)38-25-11-4-12-26-38;1-3-5-4-2;;/h1-32H;3-4H2,1-2H3;1H;/q;-1;;+2/p-1. The van der Waals surface area contributed by atoms with Gasteiger partial charge in [-0.25, -0.2) is 0 Å². The minimum absolute atomic E-state index is 0. The fourth-order valence-corrected chi connectivity index (χ4v) is 11.8. The molecule has 0 saturated heterocycles. The third kappa shape index (κ3) is 9.05. The predicted octanol–water partition coefficient (Wildman–Crippen LogP) is 7.58. The van der Waals surface area contributed by atoms with Crippen LogP contribution in [0.4, 0.5) is 0 Å². The first-order chi connectivity index (χ1) is 25.3. The van der Waals surface area contributed by atoms with Crippen LogP contribution in [-0.2, 0) is 19.5 Å². The summed E-state index contributed by atoms with van der Waals surface area (Å²) in [7, 11) is -1.70. The van der Waals surface area contributed by atoms with Crippen molar-refractivity contribution in [3.05, 3.63) is 199 Å². The Morgan fingerprint density at radius 1 is 0.358 bits per heavy atom. The van der Waals surface area contributed by atoms with Gasteiger partial charge in [-0.15, -0.1) is 0 Å². The van der Waals surface area contributed by atoms with Gasteiger partial charge in [-0.05, 0) is 80.3 Å². The van der Waals surface area contributed by atoms with Gasteiger partial charge in [0.1, 0.15) is 0 Å². The first-order valence-electron chi connectivity index (χ1n) is 17.8. The molecular weight excluding hydrogens is 789 g/mol. The van der Waals surface area contributed by atoms with Crippen molar-refractivity contribution >= 4 is 69.2 Å². The van der Waals surface area contributed by atoms with Gasteiger partial charge in [0.15, 0.2) is 0 Å². The van der Waals surface area contributed by atoms with Crippen LogP contribution < -0.4 is 44.2 Å². The summed E-state index contributed by atoms with van der Waals surface area (Å²) < 4.78 is 0. The van der Waals surface area contributed by atoms with E-state index in [1.807, 2.05) is 13.8 Å². The van der Waals surface area contributed by atoms with Crippen LogP contribution in [0.25, 0.3) is 38.0 Å². The number of fused-ring (bicyclic) bond motifs is 2. The van der Waals surface area contributed by atoms with Crippen LogP contribution in [0.3, 0.4) is 0 Å². The second kappa shape index (κ2) is 19.9.